The molecular weight excluding hydrogens is 1110 g/mol. The maximum atomic E-state index is 14.0. The van der Waals surface area contributed by atoms with Gasteiger partial charge in [-0.2, -0.15) is 0 Å². The molecule has 3 heterocycles. The number of imide groups is 2. The van der Waals surface area contributed by atoms with Crippen molar-refractivity contribution >= 4 is 111 Å². The van der Waals surface area contributed by atoms with E-state index in [1.54, 1.807) is 0 Å². The predicted molar refractivity (Wildman–Crippen MR) is 279 cm³/mol. The van der Waals surface area contributed by atoms with Gasteiger partial charge in [0, 0.05) is 89.7 Å². The Morgan fingerprint density at radius 2 is 1.30 bits per heavy atom. The van der Waals surface area contributed by atoms with Gasteiger partial charge in [0.2, 0.25) is 41.0 Å². The van der Waals surface area contributed by atoms with Gasteiger partial charge in [-0.1, -0.05) is 6.42 Å². The Morgan fingerprint density at radius 1 is 0.720 bits per heavy atom. The van der Waals surface area contributed by atoms with Gasteiger partial charge in [-0.05, 0) is 54.9 Å². The van der Waals surface area contributed by atoms with Crippen LogP contribution in [0.1, 0.15) is 77.0 Å². The van der Waals surface area contributed by atoms with Gasteiger partial charge in [0.15, 0.2) is 5.52 Å². The van der Waals surface area contributed by atoms with Gasteiger partial charge in [0.25, 0.3) is 11.8 Å². The van der Waals surface area contributed by atoms with Crippen molar-refractivity contribution in [3.8, 4) is 0 Å². The summed E-state index contributed by atoms with van der Waals surface area (Å²) < 4.78 is 4.67. The molecule has 2 fully saturated rings. The number of nitrogens with zero attached hydrogens (tertiary/aromatic N) is 8. The number of fused-ring (bicyclic) bond motifs is 1. The van der Waals surface area contributed by atoms with Crippen LogP contribution in [0.3, 0.4) is 0 Å². The Labute approximate surface area is 470 Å². The molecule has 10 N–H and O–H groups in total. The molecule has 2 aliphatic rings. The number of hydroxylamine groups is 2. The van der Waals surface area contributed by atoms with E-state index in [-0.39, 0.29) is 125 Å². The van der Waals surface area contributed by atoms with Crippen LogP contribution in [0, 0.1) is 10.1 Å². The lowest BCUT2D eigenvalue weighted by Gasteiger charge is -2.29. The topological polar surface area (TPSA) is 484 Å². The summed E-state index contributed by atoms with van der Waals surface area (Å²) in [6.45, 7) is -4.01. The highest BCUT2D eigenvalue weighted by Crippen LogP contribution is 2.29. The Balaban J connectivity index is 1.37. The van der Waals surface area contributed by atoms with E-state index in [1.165, 1.54) is 17.0 Å². The highest BCUT2D eigenvalue weighted by Gasteiger charge is 2.40. The number of carboxylic acids is 4. The van der Waals surface area contributed by atoms with Gasteiger partial charge in [0.05, 0.1) is 48.6 Å². The maximum Gasteiger partial charge on any atom is 0.333 e. The number of primary amides is 1. The van der Waals surface area contributed by atoms with Gasteiger partial charge < -0.3 is 52.3 Å². The van der Waals surface area contributed by atoms with Crippen LogP contribution in [-0.2, 0) is 67.2 Å². The molecule has 0 spiro atoms. The SMILES string of the molecule is NC(=O)[C@H](CSC1CC(=O)N(CCCC(=O)ON2C(=O)CCC2=O)C1=O)NC(=O)[C@H](CCCCNC(=O)CCCCCNc1ccc([N+](=O)[O-])c2nonc12)NC(=O)CN(CCN(CC(=O)O)CC(=O)O)CCN(CC(=O)O)CC(=O)O. The lowest BCUT2D eigenvalue weighted by Crippen LogP contribution is -2.55. The molecule has 2 aromatic rings. The Kier molecular flexibility index (Phi) is 26.9. The van der Waals surface area contributed by atoms with E-state index in [1.807, 2.05) is 0 Å². The van der Waals surface area contributed by atoms with E-state index in [0.717, 1.165) is 26.5 Å². The number of anilines is 1. The molecule has 0 radical (unpaired) electrons. The fourth-order valence-corrected chi connectivity index (χ4v) is 9.57. The molecule has 3 atom stereocenters. The van der Waals surface area contributed by atoms with E-state index in [0.29, 0.717) is 36.6 Å². The number of carbonyl (C=O) groups excluding carboxylic acids is 9. The molecule has 1 aromatic carbocycles. The average Bonchev–Trinajstić information content (AvgIpc) is 4.11. The number of aromatic nitrogens is 2. The summed E-state index contributed by atoms with van der Waals surface area (Å²) in [4.78, 5) is 181. The molecule has 2 aliphatic heterocycles. The van der Waals surface area contributed by atoms with Gasteiger partial charge in [-0.3, -0.25) is 87.2 Å². The number of thioether (sulfide) groups is 1. The van der Waals surface area contributed by atoms with Crippen LogP contribution in [0.4, 0.5) is 11.4 Å². The second-order valence-corrected chi connectivity index (χ2v) is 20.1. The maximum absolute atomic E-state index is 14.0. The number of nitrogens with one attached hydrogen (secondary N) is 4. The number of benzene rings is 1. The van der Waals surface area contributed by atoms with E-state index in [4.69, 9.17) is 10.6 Å². The molecule has 82 heavy (non-hydrogen) atoms. The number of non-ortho nitro benzene ring substituents is 1. The standard InChI is InChI=1S/C47H65N13O21S/c48-45(75)30(27-82-32-21-37(65)58(47(32)77)16-6-9-42(74)80-59-35(63)12-13-36(59)64)52-46(76)29(7-3-5-15-50-33(61)8-2-1-4-14-49-28-10-11-31(60(78)79)44-43(28)53-81-54-44)51-34(62)22-55(17-19-56(23-38(66)67)24-39(68)69)18-20-57(25-40(70)71)26-41(72)73/h10-11,29-30,32,49H,1-9,12-27H2,(H2,48,75)(H,50,61)(H,51,62)(H,52,76)(H,66,67)(H,68,69)(H,70,71)(H,72,73)/t29-,30-,32?/m0/s1. The molecule has 34 nitrogen and oxygen atoms in total. The van der Waals surface area contributed by atoms with Gasteiger partial charge in [-0.25, -0.2) is 9.42 Å². The molecule has 450 valence electrons. The number of rotatable bonds is 41. The first kappa shape index (κ1) is 66.1. The summed E-state index contributed by atoms with van der Waals surface area (Å²) in [6.07, 6.45) is 1.28. The van der Waals surface area contributed by atoms with Gasteiger partial charge >= 0.3 is 35.5 Å². The molecule has 1 aromatic heterocycles. The first-order valence-corrected chi connectivity index (χ1v) is 26.8. The normalized spacial score (nSPS) is 15.0. The van der Waals surface area contributed by atoms with Crippen molar-refractivity contribution in [3.63, 3.8) is 0 Å². The number of carboxylic acid groups (broad SMARTS) is 4. The molecule has 8 amide bonds. The van der Waals surface area contributed by atoms with E-state index < -0.39 is 126 Å². The zero-order chi connectivity index (χ0) is 60.5. The summed E-state index contributed by atoms with van der Waals surface area (Å²) in [7, 11) is 0. The summed E-state index contributed by atoms with van der Waals surface area (Å²) >= 11 is 0.821. The molecule has 0 aliphatic carbocycles. The number of nitro groups is 1. The highest BCUT2D eigenvalue weighted by molar-refractivity contribution is 8.00. The third-order valence-electron chi connectivity index (χ3n) is 12.4. The van der Waals surface area contributed by atoms with Gasteiger partial charge in [0.1, 0.15) is 12.1 Å². The lowest BCUT2D eigenvalue weighted by molar-refractivity contribution is -0.383. The van der Waals surface area contributed by atoms with Crippen LogP contribution in [0.25, 0.3) is 11.0 Å². The van der Waals surface area contributed by atoms with Crippen molar-refractivity contribution in [1.82, 2.24) is 50.9 Å². The van der Waals surface area contributed by atoms with Crippen molar-refractivity contribution < 1.29 is 97.1 Å². The van der Waals surface area contributed by atoms with Crippen molar-refractivity contribution in [1.29, 1.82) is 0 Å². The molecule has 35 heteroatoms. The number of likely N-dealkylation sites (tertiary alicyclic amines) is 1. The second kappa shape index (κ2) is 33.3. The molecule has 0 bridgehead atoms. The summed E-state index contributed by atoms with van der Waals surface area (Å²) in [5.41, 5.74) is 6.09. The van der Waals surface area contributed by atoms with Crippen molar-refractivity contribution in [2.45, 2.75) is 94.4 Å². The number of hydrogen-bond donors (Lipinski definition) is 9. The third-order valence-corrected chi connectivity index (χ3v) is 13.7. The number of unbranched alkanes of at least 4 members (excludes halogenated alkanes) is 3. The highest BCUT2D eigenvalue weighted by atomic mass is 32.2. The molecule has 0 saturated carbocycles. The number of nitrogens with two attached hydrogens (primary N) is 1. The van der Waals surface area contributed by atoms with Crippen LogP contribution in [0.2, 0.25) is 0 Å². The van der Waals surface area contributed by atoms with Gasteiger partial charge in [-0.15, -0.1) is 16.8 Å². The van der Waals surface area contributed by atoms with Crippen molar-refractivity contribution in [2.75, 3.05) is 89.6 Å². The molecule has 1 unspecified atom stereocenters. The molecule has 4 rings (SSSR count). The smallest absolute Gasteiger partial charge is 0.333 e. The fourth-order valence-electron chi connectivity index (χ4n) is 8.37. The Bertz CT molecular complexity index is 2600. The van der Waals surface area contributed by atoms with Crippen LogP contribution in [0.5, 0.6) is 0 Å². The van der Waals surface area contributed by atoms with E-state index in [9.17, 15) is 92.9 Å². The number of amides is 8. The summed E-state index contributed by atoms with van der Waals surface area (Å²) in [5.74, 6) is -12.5. The quantitative estimate of drug-likeness (QED) is 0.0142. The minimum Gasteiger partial charge on any atom is -0.480 e. The van der Waals surface area contributed by atoms with Crippen LogP contribution < -0.4 is 27.0 Å². The van der Waals surface area contributed by atoms with Crippen molar-refractivity contribution in [3.05, 3.63) is 22.2 Å². The third kappa shape index (κ3) is 22.6. The first-order valence-electron chi connectivity index (χ1n) is 25.8. The minimum atomic E-state index is -1.49. The lowest BCUT2D eigenvalue weighted by atomic mass is 10.1. The second-order valence-electron chi connectivity index (χ2n) is 18.8. The average molecular weight is 1180 g/mol. The number of aliphatic carboxylic acids is 4. The monoisotopic (exact) mass is 1180 g/mol. The fraction of sp³-hybridized carbons (Fsp3) is 0.596. The number of nitro benzene ring substituents is 1. The largest absolute Gasteiger partial charge is 0.480 e. The van der Waals surface area contributed by atoms with Crippen LogP contribution >= 0.6 is 11.8 Å². The van der Waals surface area contributed by atoms with E-state index in [2.05, 4.69) is 36.2 Å². The zero-order valence-corrected chi connectivity index (χ0v) is 45.2. The first-order chi connectivity index (χ1) is 38.9. The van der Waals surface area contributed by atoms with E-state index >= 15 is 0 Å². The molecule has 2 saturated heterocycles. The summed E-state index contributed by atoms with van der Waals surface area (Å²) in [5, 5.41) is 66.3. The Morgan fingerprint density at radius 3 is 1.89 bits per heavy atom. The predicted octanol–water partition coefficient (Wildman–Crippen LogP) is -2.66. The Hall–Kier alpha value is -8.44. The van der Waals surface area contributed by atoms with Crippen molar-refractivity contribution in [2.24, 2.45) is 5.73 Å². The van der Waals surface area contributed by atoms with Crippen LogP contribution in [-0.4, -0.2) is 239 Å². The zero-order valence-electron chi connectivity index (χ0n) is 44.4. The number of carbonyl (C=O) groups is 13. The minimum absolute atomic E-state index is 0.00369. The molecular formula is C47H65N13O21S. The number of hydrogen-bond acceptors (Lipinski definition) is 24. The van der Waals surface area contributed by atoms with Crippen LogP contribution in [0.15, 0.2) is 16.8 Å². The summed E-state index contributed by atoms with van der Waals surface area (Å²) in [6, 6.07) is -0.138.